The van der Waals surface area contributed by atoms with Gasteiger partial charge in [0.05, 0.1) is 0 Å². The lowest BCUT2D eigenvalue weighted by Crippen LogP contribution is -2.31. The van der Waals surface area contributed by atoms with Crippen LogP contribution in [0, 0.1) is 0 Å². The first-order valence-electron chi connectivity index (χ1n) is 9.26. The number of urea groups is 1. The van der Waals surface area contributed by atoms with Crippen molar-refractivity contribution in [3.05, 3.63) is 77.9 Å². The summed E-state index contributed by atoms with van der Waals surface area (Å²) >= 11 is 0. The summed E-state index contributed by atoms with van der Waals surface area (Å²) in [4.78, 5) is 16.7. The molecule has 0 saturated carbocycles. The normalized spacial score (nSPS) is 14.7. The first-order valence-corrected chi connectivity index (χ1v) is 9.26. The Labute approximate surface area is 154 Å². The van der Waals surface area contributed by atoms with Crippen LogP contribution in [-0.4, -0.2) is 24.0 Å². The predicted molar refractivity (Wildman–Crippen MR) is 108 cm³/mol. The molecule has 0 unspecified atom stereocenters. The highest BCUT2D eigenvalue weighted by molar-refractivity contribution is 5.94. The molecule has 1 fully saturated rings. The van der Waals surface area contributed by atoms with E-state index in [1.165, 1.54) is 21.9 Å². The minimum Gasteiger partial charge on any atom is -0.318 e. The summed E-state index contributed by atoms with van der Waals surface area (Å²) < 4.78 is 0. The average molecular weight is 344 g/mol. The molecule has 132 valence electrons. The van der Waals surface area contributed by atoms with Gasteiger partial charge in [0.1, 0.15) is 0 Å². The topological polar surface area (TPSA) is 23.6 Å². The van der Waals surface area contributed by atoms with E-state index in [9.17, 15) is 4.79 Å². The Bertz CT molecular complexity index is 930. The van der Waals surface area contributed by atoms with Crippen LogP contribution in [0.25, 0.3) is 10.8 Å². The van der Waals surface area contributed by atoms with Crippen molar-refractivity contribution < 1.29 is 4.79 Å². The van der Waals surface area contributed by atoms with Crippen LogP contribution in [0.5, 0.6) is 0 Å². The Morgan fingerprint density at radius 2 is 1.62 bits per heavy atom. The fraction of sp³-hybridized carbons (Fsp3) is 0.261. The van der Waals surface area contributed by atoms with Gasteiger partial charge in [-0.05, 0) is 46.0 Å². The third-order valence-corrected chi connectivity index (χ3v) is 5.15. The molecule has 1 aliphatic rings. The van der Waals surface area contributed by atoms with E-state index in [-0.39, 0.29) is 6.03 Å². The second-order valence-corrected chi connectivity index (χ2v) is 7.28. The summed E-state index contributed by atoms with van der Waals surface area (Å²) in [5.41, 5.74) is 3.46. The second-order valence-electron chi connectivity index (χ2n) is 7.28. The summed E-state index contributed by atoms with van der Waals surface area (Å²) in [6.45, 7) is 6.53. The zero-order valence-electron chi connectivity index (χ0n) is 15.4. The van der Waals surface area contributed by atoms with Crippen LogP contribution >= 0.6 is 0 Å². The Morgan fingerprint density at radius 3 is 2.35 bits per heavy atom. The average Bonchev–Trinajstić information content (AvgIpc) is 3.02. The molecule has 0 aliphatic carbocycles. The van der Waals surface area contributed by atoms with Gasteiger partial charge in [-0.15, -0.1) is 0 Å². The molecule has 1 saturated heterocycles. The van der Waals surface area contributed by atoms with E-state index in [1.54, 1.807) is 0 Å². The molecule has 0 spiro atoms. The highest BCUT2D eigenvalue weighted by Crippen LogP contribution is 2.25. The van der Waals surface area contributed by atoms with Crippen LogP contribution in [-0.2, 0) is 6.54 Å². The number of hydrogen-bond donors (Lipinski definition) is 0. The highest BCUT2D eigenvalue weighted by atomic mass is 16.2. The number of anilines is 1. The van der Waals surface area contributed by atoms with E-state index < -0.39 is 0 Å². The Kier molecular flexibility index (Phi) is 4.37. The van der Waals surface area contributed by atoms with Crippen molar-refractivity contribution in [3.63, 3.8) is 0 Å². The van der Waals surface area contributed by atoms with Gasteiger partial charge < -0.3 is 4.90 Å². The molecule has 0 bridgehead atoms. The molecule has 26 heavy (non-hydrogen) atoms. The predicted octanol–water partition coefficient (Wildman–Crippen LogP) is 5.41. The molecule has 0 N–H and O–H groups in total. The number of fused-ring (bicyclic) bond motifs is 1. The van der Waals surface area contributed by atoms with Gasteiger partial charge in [-0.3, -0.25) is 4.90 Å². The highest BCUT2D eigenvalue weighted by Gasteiger charge is 2.29. The van der Waals surface area contributed by atoms with Crippen molar-refractivity contribution in [3.8, 4) is 0 Å². The summed E-state index contributed by atoms with van der Waals surface area (Å²) in [5.74, 6) is 0.503. The van der Waals surface area contributed by atoms with Crippen LogP contribution in [0.4, 0.5) is 10.5 Å². The minimum absolute atomic E-state index is 0.0930. The lowest BCUT2D eigenvalue weighted by atomic mass is 10.0. The first kappa shape index (κ1) is 16.6. The molecule has 1 heterocycles. The molecule has 0 atom stereocenters. The van der Waals surface area contributed by atoms with Crippen LogP contribution in [0.2, 0.25) is 0 Å². The Hall–Kier alpha value is -2.81. The van der Waals surface area contributed by atoms with Gasteiger partial charge in [0.25, 0.3) is 0 Å². The molecule has 4 rings (SSSR count). The lowest BCUT2D eigenvalue weighted by Gasteiger charge is -2.19. The standard InChI is InChI=1S/C23H24N2O/c1-17(2)19-9-11-22(12-10-19)25-14-13-24(23(25)26)16-18-7-8-20-5-3-4-6-21(20)15-18/h3-12,15,17H,13-14,16H2,1-2H3. The number of hydrogen-bond acceptors (Lipinski definition) is 1. The van der Waals surface area contributed by atoms with Crippen molar-refractivity contribution >= 4 is 22.5 Å². The van der Waals surface area contributed by atoms with Crippen LogP contribution < -0.4 is 4.90 Å². The molecule has 3 nitrogen and oxygen atoms in total. The first-order chi connectivity index (χ1) is 12.6. The van der Waals surface area contributed by atoms with Crippen molar-refractivity contribution in [2.45, 2.75) is 26.3 Å². The molecule has 3 aromatic rings. The molecule has 3 heteroatoms. The molecule has 2 amide bonds. The van der Waals surface area contributed by atoms with Gasteiger partial charge in [0, 0.05) is 25.3 Å². The maximum atomic E-state index is 12.8. The number of nitrogens with zero attached hydrogens (tertiary/aromatic N) is 2. The monoisotopic (exact) mass is 344 g/mol. The third-order valence-electron chi connectivity index (χ3n) is 5.15. The second kappa shape index (κ2) is 6.83. The number of carbonyl (C=O) groups is 1. The summed E-state index contributed by atoms with van der Waals surface area (Å²) in [6.07, 6.45) is 0. The van der Waals surface area contributed by atoms with Gasteiger partial charge in [-0.1, -0.05) is 62.4 Å². The summed E-state index contributed by atoms with van der Waals surface area (Å²) in [7, 11) is 0. The van der Waals surface area contributed by atoms with E-state index in [0.29, 0.717) is 12.5 Å². The van der Waals surface area contributed by atoms with Gasteiger partial charge in [-0.25, -0.2) is 4.79 Å². The zero-order chi connectivity index (χ0) is 18.1. The summed E-state index contributed by atoms with van der Waals surface area (Å²) in [5, 5.41) is 2.45. The molecule has 3 aromatic carbocycles. The van der Waals surface area contributed by atoms with Crippen LogP contribution in [0.15, 0.2) is 66.7 Å². The van der Waals surface area contributed by atoms with Crippen molar-refractivity contribution in [1.29, 1.82) is 0 Å². The summed E-state index contributed by atoms with van der Waals surface area (Å²) in [6, 6.07) is 23.2. The van der Waals surface area contributed by atoms with E-state index in [4.69, 9.17) is 0 Å². The van der Waals surface area contributed by atoms with Gasteiger partial charge >= 0.3 is 6.03 Å². The van der Waals surface area contributed by atoms with Gasteiger partial charge in [0.2, 0.25) is 0 Å². The van der Waals surface area contributed by atoms with Crippen molar-refractivity contribution in [2.24, 2.45) is 0 Å². The molecular weight excluding hydrogens is 320 g/mol. The largest absolute Gasteiger partial charge is 0.324 e. The fourth-order valence-corrected chi connectivity index (χ4v) is 3.57. The van der Waals surface area contributed by atoms with Crippen molar-refractivity contribution in [2.75, 3.05) is 18.0 Å². The fourth-order valence-electron chi connectivity index (χ4n) is 3.57. The maximum Gasteiger partial charge on any atom is 0.324 e. The number of amides is 2. The van der Waals surface area contributed by atoms with Crippen LogP contribution in [0.1, 0.15) is 30.9 Å². The number of carbonyl (C=O) groups excluding carboxylic acids is 1. The third kappa shape index (κ3) is 3.17. The van der Waals surface area contributed by atoms with Gasteiger partial charge in [-0.2, -0.15) is 0 Å². The minimum atomic E-state index is 0.0930. The van der Waals surface area contributed by atoms with E-state index in [1.807, 2.05) is 9.80 Å². The Morgan fingerprint density at radius 1 is 0.885 bits per heavy atom. The van der Waals surface area contributed by atoms with E-state index >= 15 is 0 Å². The smallest absolute Gasteiger partial charge is 0.318 e. The SMILES string of the molecule is CC(C)c1ccc(N2CCN(Cc3ccc4ccccc4c3)C2=O)cc1. The maximum absolute atomic E-state index is 12.8. The van der Waals surface area contributed by atoms with Gasteiger partial charge in [0.15, 0.2) is 0 Å². The number of benzene rings is 3. The van der Waals surface area contributed by atoms with E-state index in [0.717, 1.165) is 18.8 Å². The molecule has 0 aromatic heterocycles. The Balaban J connectivity index is 1.49. The van der Waals surface area contributed by atoms with Crippen LogP contribution in [0.3, 0.4) is 0 Å². The van der Waals surface area contributed by atoms with Crippen molar-refractivity contribution in [1.82, 2.24) is 4.90 Å². The zero-order valence-corrected chi connectivity index (χ0v) is 15.4. The van der Waals surface area contributed by atoms with E-state index in [2.05, 4.69) is 80.6 Å². The lowest BCUT2D eigenvalue weighted by molar-refractivity contribution is 0.219. The molecule has 1 aliphatic heterocycles. The molecular formula is C23H24N2O. The molecule has 0 radical (unpaired) electrons. The quantitative estimate of drug-likeness (QED) is 0.621. The number of rotatable bonds is 4.